The van der Waals surface area contributed by atoms with E-state index in [1.54, 1.807) is 44.2 Å². The lowest BCUT2D eigenvalue weighted by atomic mass is 9.99. The van der Waals surface area contributed by atoms with Crippen molar-refractivity contribution in [2.24, 2.45) is 11.7 Å². The third-order valence-electron chi connectivity index (χ3n) is 4.91. The molecule has 2 aromatic rings. The molecule has 34 heavy (non-hydrogen) atoms. The Hall–Kier alpha value is -3.28. The zero-order chi connectivity index (χ0) is 25.8. The molecule has 0 unspecified atom stereocenters. The number of nitrogens with two attached hydrogens (primary N) is 2. The smallest absolute Gasteiger partial charge is 0.430 e. The van der Waals surface area contributed by atoms with Crippen LogP contribution in [0.5, 0.6) is 5.75 Å². The van der Waals surface area contributed by atoms with Crippen LogP contribution in [0.15, 0.2) is 42.1 Å². The molecule has 0 aromatic heterocycles. The zero-order valence-corrected chi connectivity index (χ0v) is 19.8. The zero-order valence-electron chi connectivity index (χ0n) is 19.0. The number of amides is 2. The van der Waals surface area contributed by atoms with Crippen LogP contribution in [0.3, 0.4) is 0 Å². The summed E-state index contributed by atoms with van der Waals surface area (Å²) in [6.07, 6.45) is -3.86. The number of halogens is 4. The van der Waals surface area contributed by atoms with Crippen LogP contribution in [0.1, 0.15) is 22.3 Å². The Morgan fingerprint density at radius 3 is 2.44 bits per heavy atom. The molecule has 0 saturated carbocycles. The fourth-order valence-electron chi connectivity index (χ4n) is 3.09. The molecular weight excluding hydrogens is 473 g/mol. The van der Waals surface area contributed by atoms with Crippen molar-refractivity contribution in [3.05, 3.63) is 69.4 Å². The Kier molecular flexibility index (Phi) is 8.54. The van der Waals surface area contributed by atoms with Crippen LogP contribution in [0, 0.1) is 19.3 Å². The highest BCUT2D eigenvalue weighted by molar-refractivity contribution is 6.31. The summed E-state index contributed by atoms with van der Waals surface area (Å²) >= 11 is 6.31. The van der Waals surface area contributed by atoms with E-state index in [-0.39, 0.29) is 12.3 Å². The lowest BCUT2D eigenvalue weighted by molar-refractivity contribution is -0.0958. The van der Waals surface area contributed by atoms with Gasteiger partial charge in [-0.25, -0.2) is 21.5 Å². The Morgan fingerprint density at radius 2 is 1.88 bits per heavy atom. The van der Waals surface area contributed by atoms with E-state index in [1.807, 2.05) is 0 Å². The largest absolute Gasteiger partial charge is 0.488 e. The Bertz CT molecular complexity index is 1120. The van der Waals surface area contributed by atoms with Gasteiger partial charge in [0.2, 0.25) is 0 Å². The van der Waals surface area contributed by atoms with Gasteiger partial charge in [0.25, 0.3) is 0 Å². The number of benzene rings is 2. The van der Waals surface area contributed by atoms with E-state index in [2.05, 4.69) is 5.32 Å². The molecule has 0 aliphatic carbocycles. The van der Waals surface area contributed by atoms with E-state index >= 15 is 0 Å². The van der Waals surface area contributed by atoms with Gasteiger partial charge in [0.1, 0.15) is 18.1 Å². The van der Waals surface area contributed by atoms with Crippen molar-refractivity contribution in [3.63, 3.8) is 0 Å². The molecule has 6 N–H and O–H groups in total. The second-order valence-corrected chi connectivity index (χ2v) is 7.85. The number of carbonyl (C=O) groups excluding carboxylic acids is 1. The molecule has 2 rings (SSSR count). The second-order valence-electron chi connectivity index (χ2n) is 7.44. The molecule has 2 aromatic carbocycles. The number of allylic oxidation sites excluding steroid dienone is 2. The summed E-state index contributed by atoms with van der Waals surface area (Å²) in [5, 5.41) is 12.2. The molecule has 0 spiro atoms. The fourth-order valence-corrected chi connectivity index (χ4v) is 3.32. The number of hydrogen-bond acceptors (Lipinski definition) is 6. The van der Waals surface area contributed by atoms with Crippen molar-refractivity contribution in [3.8, 4) is 5.75 Å². The highest BCUT2D eigenvalue weighted by atomic mass is 35.5. The predicted octanol–water partition coefficient (Wildman–Crippen LogP) is 4.17. The van der Waals surface area contributed by atoms with Gasteiger partial charge in [0, 0.05) is 30.2 Å². The van der Waals surface area contributed by atoms with Gasteiger partial charge in [0.05, 0.1) is 11.4 Å². The first-order valence-corrected chi connectivity index (χ1v) is 10.3. The maximum absolute atomic E-state index is 13.0. The van der Waals surface area contributed by atoms with Crippen LogP contribution in [-0.2, 0) is 6.61 Å². The molecule has 0 heterocycles. The maximum Gasteiger partial charge on any atom is 0.430 e. The van der Waals surface area contributed by atoms with Crippen LogP contribution in [-0.4, -0.2) is 37.0 Å². The number of ether oxygens (including phenoxy) is 1. The molecule has 0 saturated heterocycles. The van der Waals surface area contributed by atoms with Crippen molar-refractivity contribution in [2.75, 3.05) is 19.1 Å². The molecule has 12 heteroatoms. The lowest BCUT2D eigenvalue weighted by Crippen LogP contribution is -2.49. The van der Waals surface area contributed by atoms with Crippen molar-refractivity contribution in [1.29, 1.82) is 5.41 Å². The number of anilines is 1. The molecule has 184 valence electrons. The van der Waals surface area contributed by atoms with Gasteiger partial charge in [-0.1, -0.05) is 17.7 Å². The van der Waals surface area contributed by atoms with Gasteiger partial charge in [-0.2, -0.15) is 13.2 Å². The summed E-state index contributed by atoms with van der Waals surface area (Å²) in [7, 11) is 2.49. The topological polar surface area (TPSA) is 121 Å². The minimum atomic E-state index is -4.60. The van der Waals surface area contributed by atoms with Gasteiger partial charge in [-0.3, -0.25) is 5.01 Å². The molecular formula is C22H26ClF3N6O2. The Balaban J connectivity index is 2.33. The molecule has 8 nitrogen and oxygen atoms in total. The summed E-state index contributed by atoms with van der Waals surface area (Å²) in [5.74, 6) is 11.8. The van der Waals surface area contributed by atoms with E-state index in [0.29, 0.717) is 38.7 Å². The summed E-state index contributed by atoms with van der Waals surface area (Å²) in [6.45, 7) is 3.31. The van der Waals surface area contributed by atoms with Gasteiger partial charge in [-0.15, -0.1) is 0 Å². The average molecular weight is 499 g/mol. The van der Waals surface area contributed by atoms with Crippen molar-refractivity contribution in [1.82, 2.24) is 10.3 Å². The number of urea groups is 1. The van der Waals surface area contributed by atoms with Crippen LogP contribution in [0.4, 0.5) is 23.7 Å². The minimum absolute atomic E-state index is 0.0563. The Morgan fingerprint density at radius 1 is 1.24 bits per heavy atom. The number of hydrogen-bond donors (Lipinski definition) is 4. The second kappa shape index (κ2) is 10.8. The van der Waals surface area contributed by atoms with Gasteiger partial charge < -0.3 is 15.5 Å². The highest BCUT2D eigenvalue weighted by Crippen LogP contribution is 2.31. The highest BCUT2D eigenvalue weighted by Gasteiger charge is 2.33. The standard InChI is InChI=1S/C22H26ClF3N6O2/c1-12-9-19(13(2)8-14(12)17(27)10-20(30-3)22(24,25)26)34-11-15-16(23)6-5-7-18(15)32(29)21(33)31(4)28/h5-10,27,30H,11,28-29H2,1-4H3/b20-10-,27-17?. The van der Waals surface area contributed by atoms with Crippen LogP contribution in [0.25, 0.3) is 0 Å². The van der Waals surface area contributed by atoms with E-state index in [0.717, 1.165) is 23.1 Å². The third kappa shape index (κ3) is 6.19. The third-order valence-corrected chi connectivity index (χ3v) is 5.26. The molecule has 2 amide bonds. The normalized spacial score (nSPS) is 11.8. The first-order chi connectivity index (χ1) is 15.8. The van der Waals surface area contributed by atoms with E-state index in [4.69, 9.17) is 33.4 Å². The van der Waals surface area contributed by atoms with E-state index < -0.39 is 17.9 Å². The number of hydrazine groups is 2. The number of alkyl halides is 3. The van der Waals surface area contributed by atoms with E-state index in [1.165, 1.54) is 7.05 Å². The first-order valence-electron chi connectivity index (χ1n) is 9.92. The van der Waals surface area contributed by atoms with Crippen LogP contribution < -0.4 is 26.7 Å². The Labute approximate surface area is 200 Å². The summed E-state index contributed by atoms with van der Waals surface area (Å²) in [5.41, 5.74) is 0.856. The minimum Gasteiger partial charge on any atom is -0.488 e. The van der Waals surface area contributed by atoms with E-state index in [9.17, 15) is 18.0 Å². The molecule has 0 radical (unpaired) electrons. The van der Waals surface area contributed by atoms with Gasteiger partial charge >= 0.3 is 12.2 Å². The SMILES string of the molecule is CN/C(=C\C(=N)c1cc(C)c(OCc2c(Cl)cccc2N(N)C(=O)N(C)N)cc1C)C(F)(F)F. The number of aryl methyl sites for hydroxylation is 2. The summed E-state index contributed by atoms with van der Waals surface area (Å²) in [4.78, 5) is 12.2. The molecule has 0 aliphatic heterocycles. The number of nitrogens with one attached hydrogen (secondary N) is 2. The first kappa shape index (κ1) is 27.0. The quantitative estimate of drug-likeness (QED) is 0.197. The van der Waals surface area contributed by atoms with Crippen molar-refractivity contribution < 1.29 is 22.7 Å². The van der Waals surface area contributed by atoms with Gasteiger partial charge in [-0.05, 0) is 55.3 Å². The van der Waals surface area contributed by atoms with Crippen LogP contribution >= 0.6 is 11.6 Å². The number of carbonyl (C=O) groups is 1. The maximum atomic E-state index is 13.0. The fraction of sp³-hybridized carbons (Fsp3) is 0.273. The average Bonchev–Trinajstić information content (AvgIpc) is 2.76. The molecule has 0 fully saturated rings. The summed E-state index contributed by atoms with van der Waals surface area (Å²) < 4.78 is 45.0. The number of rotatable bonds is 7. The predicted molar refractivity (Wildman–Crippen MR) is 126 cm³/mol. The molecule has 0 aliphatic rings. The van der Waals surface area contributed by atoms with Gasteiger partial charge in [0.15, 0.2) is 0 Å². The summed E-state index contributed by atoms with van der Waals surface area (Å²) in [6, 6.07) is 7.34. The molecule has 0 atom stereocenters. The van der Waals surface area contributed by atoms with Crippen molar-refractivity contribution >= 4 is 29.0 Å². The molecule has 0 bridgehead atoms. The van der Waals surface area contributed by atoms with Crippen molar-refractivity contribution in [2.45, 2.75) is 26.6 Å². The lowest BCUT2D eigenvalue weighted by Gasteiger charge is -2.24. The number of nitrogens with zero attached hydrogens (tertiary/aromatic N) is 2. The monoisotopic (exact) mass is 498 g/mol. The van der Waals surface area contributed by atoms with Crippen LogP contribution in [0.2, 0.25) is 5.02 Å².